The topological polar surface area (TPSA) is 71.7 Å². The van der Waals surface area contributed by atoms with Crippen LogP contribution in [0.4, 0.5) is 0 Å². The Morgan fingerprint density at radius 1 is 1.19 bits per heavy atom. The summed E-state index contributed by atoms with van der Waals surface area (Å²) in [5.41, 5.74) is 1.04. The van der Waals surface area contributed by atoms with E-state index in [1.807, 2.05) is 38.1 Å². The summed E-state index contributed by atoms with van der Waals surface area (Å²) in [5, 5.41) is 12.3. The van der Waals surface area contributed by atoms with Crippen molar-refractivity contribution in [2.45, 2.75) is 25.9 Å². The fraction of sp³-hybridized carbons (Fsp3) is 0.312. The molecule has 0 aliphatic carbocycles. The maximum absolute atomic E-state index is 10.8. The van der Waals surface area contributed by atoms with Crippen molar-refractivity contribution in [3.63, 3.8) is 0 Å². The molecule has 2 aromatic rings. The van der Waals surface area contributed by atoms with E-state index in [4.69, 9.17) is 14.3 Å². The third-order valence-electron chi connectivity index (χ3n) is 3.37. The SMILES string of the molecule is COc1ccccc1[C@H](C)NC(C)c1ccc(C(=O)O)o1. The van der Waals surface area contributed by atoms with Gasteiger partial charge < -0.3 is 19.6 Å². The third-order valence-corrected chi connectivity index (χ3v) is 3.37. The van der Waals surface area contributed by atoms with Gasteiger partial charge in [-0.25, -0.2) is 4.79 Å². The maximum Gasteiger partial charge on any atom is 0.371 e. The Hall–Kier alpha value is -2.27. The largest absolute Gasteiger partial charge is 0.496 e. The monoisotopic (exact) mass is 289 g/mol. The van der Waals surface area contributed by atoms with Crippen LogP contribution in [0, 0.1) is 0 Å². The van der Waals surface area contributed by atoms with Gasteiger partial charge in [-0.2, -0.15) is 0 Å². The number of carboxylic acid groups (broad SMARTS) is 1. The van der Waals surface area contributed by atoms with E-state index < -0.39 is 5.97 Å². The number of para-hydroxylation sites is 1. The van der Waals surface area contributed by atoms with Gasteiger partial charge in [-0.3, -0.25) is 0 Å². The second kappa shape index (κ2) is 6.45. The maximum atomic E-state index is 10.8. The number of carboxylic acids is 1. The Morgan fingerprint density at radius 3 is 2.52 bits per heavy atom. The van der Waals surface area contributed by atoms with Crippen molar-refractivity contribution in [1.29, 1.82) is 0 Å². The van der Waals surface area contributed by atoms with E-state index in [0.29, 0.717) is 5.76 Å². The molecule has 0 aliphatic rings. The number of benzene rings is 1. The van der Waals surface area contributed by atoms with Crippen LogP contribution in [0.1, 0.15) is 47.8 Å². The molecular formula is C16H19NO4. The normalized spacial score (nSPS) is 13.7. The summed E-state index contributed by atoms with van der Waals surface area (Å²) in [6.07, 6.45) is 0. The molecule has 0 radical (unpaired) electrons. The summed E-state index contributed by atoms with van der Waals surface area (Å²) in [5.74, 6) is 0.291. The van der Waals surface area contributed by atoms with Crippen LogP contribution in [-0.4, -0.2) is 18.2 Å². The zero-order chi connectivity index (χ0) is 15.4. The van der Waals surface area contributed by atoms with Crippen LogP contribution in [0.15, 0.2) is 40.8 Å². The molecule has 0 saturated heterocycles. The molecule has 112 valence electrons. The minimum absolute atomic E-state index is 0.0366. The van der Waals surface area contributed by atoms with E-state index in [9.17, 15) is 4.79 Å². The highest BCUT2D eigenvalue weighted by molar-refractivity contribution is 5.84. The number of methoxy groups -OCH3 is 1. The van der Waals surface area contributed by atoms with E-state index in [2.05, 4.69) is 5.32 Å². The lowest BCUT2D eigenvalue weighted by Gasteiger charge is -2.20. The molecule has 5 heteroatoms. The number of hydrogen-bond acceptors (Lipinski definition) is 4. The van der Waals surface area contributed by atoms with Gasteiger partial charge >= 0.3 is 5.97 Å². The van der Waals surface area contributed by atoms with E-state index in [1.165, 1.54) is 6.07 Å². The summed E-state index contributed by atoms with van der Waals surface area (Å²) in [7, 11) is 1.64. The molecule has 1 unspecified atom stereocenters. The number of furan rings is 1. The molecule has 21 heavy (non-hydrogen) atoms. The van der Waals surface area contributed by atoms with Crippen LogP contribution in [0.3, 0.4) is 0 Å². The summed E-state index contributed by atoms with van der Waals surface area (Å²) in [6, 6.07) is 10.8. The minimum atomic E-state index is -1.06. The predicted octanol–water partition coefficient (Wildman–Crippen LogP) is 3.40. The van der Waals surface area contributed by atoms with Crippen molar-refractivity contribution in [2.75, 3.05) is 7.11 Å². The molecule has 0 amide bonds. The van der Waals surface area contributed by atoms with Crippen molar-refractivity contribution < 1.29 is 19.1 Å². The molecule has 2 atom stereocenters. The van der Waals surface area contributed by atoms with Gasteiger partial charge in [-0.05, 0) is 32.0 Å². The molecule has 0 saturated carbocycles. The highest BCUT2D eigenvalue weighted by Crippen LogP contribution is 2.27. The zero-order valence-corrected chi connectivity index (χ0v) is 12.3. The lowest BCUT2D eigenvalue weighted by atomic mass is 10.1. The molecule has 5 nitrogen and oxygen atoms in total. The van der Waals surface area contributed by atoms with Crippen molar-refractivity contribution in [3.8, 4) is 5.75 Å². The molecule has 1 aromatic carbocycles. The van der Waals surface area contributed by atoms with Crippen LogP contribution >= 0.6 is 0 Å². The van der Waals surface area contributed by atoms with Crippen molar-refractivity contribution >= 4 is 5.97 Å². The molecule has 2 rings (SSSR count). The van der Waals surface area contributed by atoms with E-state index >= 15 is 0 Å². The number of hydrogen-bond donors (Lipinski definition) is 2. The molecule has 2 N–H and O–H groups in total. The van der Waals surface area contributed by atoms with Gasteiger partial charge in [0.1, 0.15) is 11.5 Å². The first kappa shape index (κ1) is 15.1. The van der Waals surface area contributed by atoms with E-state index in [1.54, 1.807) is 13.2 Å². The van der Waals surface area contributed by atoms with Gasteiger partial charge in [0.25, 0.3) is 0 Å². The summed E-state index contributed by atoms with van der Waals surface area (Å²) < 4.78 is 10.7. The molecule has 0 fully saturated rings. The van der Waals surface area contributed by atoms with Gasteiger partial charge in [0.2, 0.25) is 5.76 Å². The number of aromatic carboxylic acids is 1. The number of ether oxygens (including phenoxy) is 1. The first-order valence-electron chi connectivity index (χ1n) is 6.75. The quantitative estimate of drug-likeness (QED) is 0.852. The molecule has 1 aromatic heterocycles. The van der Waals surface area contributed by atoms with Crippen LogP contribution in [0.5, 0.6) is 5.75 Å². The van der Waals surface area contributed by atoms with E-state index in [-0.39, 0.29) is 17.8 Å². The number of nitrogens with one attached hydrogen (secondary N) is 1. The van der Waals surface area contributed by atoms with Gasteiger partial charge in [-0.1, -0.05) is 18.2 Å². The molecule has 0 spiro atoms. The second-order valence-electron chi connectivity index (χ2n) is 4.86. The lowest BCUT2D eigenvalue weighted by Crippen LogP contribution is -2.22. The lowest BCUT2D eigenvalue weighted by molar-refractivity contribution is 0.0659. The summed E-state index contributed by atoms with van der Waals surface area (Å²) in [4.78, 5) is 10.8. The Bertz CT molecular complexity index is 620. The average molecular weight is 289 g/mol. The summed E-state index contributed by atoms with van der Waals surface area (Å²) >= 11 is 0. The standard InChI is InChI=1S/C16H19NO4/c1-10(12-6-4-5-7-14(12)20-3)17-11(2)13-8-9-15(21-13)16(18)19/h4-11,17H,1-3H3,(H,18,19)/t10-,11?/m0/s1. The highest BCUT2D eigenvalue weighted by atomic mass is 16.5. The molecule has 1 heterocycles. The number of rotatable bonds is 6. The average Bonchev–Trinajstić information content (AvgIpc) is 2.97. The minimum Gasteiger partial charge on any atom is -0.496 e. The summed E-state index contributed by atoms with van der Waals surface area (Å²) in [6.45, 7) is 3.95. The van der Waals surface area contributed by atoms with Crippen LogP contribution in [-0.2, 0) is 0 Å². The van der Waals surface area contributed by atoms with Gasteiger partial charge in [0, 0.05) is 11.6 Å². The predicted molar refractivity (Wildman–Crippen MR) is 78.6 cm³/mol. The Morgan fingerprint density at radius 2 is 1.90 bits per heavy atom. The fourth-order valence-electron chi connectivity index (χ4n) is 2.27. The zero-order valence-electron chi connectivity index (χ0n) is 12.3. The Labute approximate surface area is 123 Å². The highest BCUT2D eigenvalue weighted by Gasteiger charge is 2.18. The van der Waals surface area contributed by atoms with Gasteiger partial charge in [0.05, 0.1) is 13.2 Å². The van der Waals surface area contributed by atoms with Gasteiger partial charge in [-0.15, -0.1) is 0 Å². The first-order valence-corrected chi connectivity index (χ1v) is 6.75. The second-order valence-corrected chi connectivity index (χ2v) is 4.86. The van der Waals surface area contributed by atoms with Crippen molar-refractivity contribution in [2.24, 2.45) is 0 Å². The van der Waals surface area contributed by atoms with Gasteiger partial charge in [0.15, 0.2) is 0 Å². The van der Waals surface area contributed by atoms with Crippen LogP contribution < -0.4 is 10.1 Å². The van der Waals surface area contributed by atoms with Crippen LogP contribution in [0.2, 0.25) is 0 Å². The third kappa shape index (κ3) is 3.44. The molecule has 0 bridgehead atoms. The van der Waals surface area contributed by atoms with Crippen molar-refractivity contribution in [1.82, 2.24) is 5.32 Å². The smallest absolute Gasteiger partial charge is 0.371 e. The van der Waals surface area contributed by atoms with Crippen molar-refractivity contribution in [3.05, 3.63) is 53.5 Å². The van der Waals surface area contributed by atoms with E-state index in [0.717, 1.165) is 11.3 Å². The molecular weight excluding hydrogens is 270 g/mol. The molecule has 0 aliphatic heterocycles. The Kier molecular flexibility index (Phi) is 4.65. The number of carbonyl (C=O) groups is 1. The van der Waals surface area contributed by atoms with Crippen LogP contribution in [0.25, 0.3) is 0 Å². The first-order chi connectivity index (χ1) is 10.0. The fourth-order valence-corrected chi connectivity index (χ4v) is 2.27. The Balaban J connectivity index is 2.10.